The summed E-state index contributed by atoms with van der Waals surface area (Å²) >= 11 is 0. The molecule has 2 aromatic rings. The Hall–Kier alpha value is -2.49. The fraction of sp³-hybridized carbons (Fsp3) is 0.133. The van der Waals surface area contributed by atoms with Gasteiger partial charge in [0.05, 0.1) is 16.9 Å². The van der Waals surface area contributed by atoms with Crippen LogP contribution in [0.2, 0.25) is 0 Å². The van der Waals surface area contributed by atoms with Gasteiger partial charge in [-0.3, -0.25) is 0 Å². The number of aromatic carboxylic acids is 1. The van der Waals surface area contributed by atoms with Gasteiger partial charge >= 0.3 is 5.97 Å². The molecule has 0 heterocycles. The summed E-state index contributed by atoms with van der Waals surface area (Å²) in [6.45, 7) is 2.55. The number of hydrogen-bond acceptors (Lipinski definition) is 3. The van der Waals surface area contributed by atoms with E-state index in [-0.39, 0.29) is 5.56 Å². The number of nitrogens with one attached hydrogen (secondary N) is 1. The molecule has 0 amide bonds. The number of hydrogen-bond donors (Lipinski definition) is 3. The zero-order valence-corrected chi connectivity index (χ0v) is 10.7. The predicted octanol–water partition coefficient (Wildman–Crippen LogP) is 2.89. The van der Waals surface area contributed by atoms with Gasteiger partial charge in [-0.25, -0.2) is 4.79 Å². The normalized spacial score (nSPS) is 10.2. The molecule has 4 nitrogen and oxygen atoms in total. The molecule has 0 bridgehead atoms. The number of nitrogens with two attached hydrogens (primary N) is 1. The van der Waals surface area contributed by atoms with E-state index < -0.39 is 5.97 Å². The zero-order chi connectivity index (χ0) is 13.8. The molecule has 0 radical (unpaired) electrons. The van der Waals surface area contributed by atoms with Crippen molar-refractivity contribution in [2.24, 2.45) is 0 Å². The number of carbonyl (C=O) groups is 1. The third-order valence-electron chi connectivity index (χ3n) is 2.88. The Morgan fingerprint density at radius 1 is 1.26 bits per heavy atom. The molecule has 0 saturated heterocycles. The molecular formula is C15H16N2O2. The van der Waals surface area contributed by atoms with Crippen LogP contribution in [-0.2, 0) is 6.54 Å². The number of para-hydroxylation sites is 1. The van der Waals surface area contributed by atoms with E-state index in [9.17, 15) is 4.79 Å². The fourth-order valence-corrected chi connectivity index (χ4v) is 1.96. The summed E-state index contributed by atoms with van der Waals surface area (Å²) in [5.41, 5.74) is 9.17. The lowest BCUT2D eigenvalue weighted by Gasteiger charge is -2.12. The van der Waals surface area contributed by atoms with Gasteiger partial charge in [0.1, 0.15) is 0 Å². The van der Waals surface area contributed by atoms with Crippen molar-refractivity contribution in [2.75, 3.05) is 11.1 Å². The van der Waals surface area contributed by atoms with Gasteiger partial charge < -0.3 is 16.2 Å². The summed E-state index contributed by atoms with van der Waals surface area (Å²) < 4.78 is 0. The maximum atomic E-state index is 11.1. The highest BCUT2D eigenvalue weighted by Gasteiger charge is 2.11. The molecule has 0 aliphatic rings. The van der Waals surface area contributed by atoms with Gasteiger partial charge in [-0.15, -0.1) is 0 Å². The van der Waals surface area contributed by atoms with E-state index >= 15 is 0 Å². The van der Waals surface area contributed by atoms with Crippen molar-refractivity contribution in [1.82, 2.24) is 0 Å². The number of carboxylic acids is 1. The largest absolute Gasteiger partial charge is 0.478 e. The van der Waals surface area contributed by atoms with E-state index in [1.54, 1.807) is 12.1 Å². The lowest BCUT2D eigenvalue weighted by atomic mass is 10.1. The smallest absolute Gasteiger partial charge is 0.337 e. The van der Waals surface area contributed by atoms with Gasteiger partial charge in [-0.2, -0.15) is 0 Å². The first kappa shape index (κ1) is 13.0. The van der Waals surface area contributed by atoms with Crippen molar-refractivity contribution in [3.05, 3.63) is 59.2 Å². The van der Waals surface area contributed by atoms with Gasteiger partial charge in [0.2, 0.25) is 0 Å². The minimum Gasteiger partial charge on any atom is -0.478 e. The molecule has 4 N–H and O–H groups in total. The molecule has 0 aliphatic heterocycles. The molecule has 0 aromatic heterocycles. The molecule has 0 fully saturated rings. The van der Waals surface area contributed by atoms with Crippen LogP contribution in [-0.4, -0.2) is 11.1 Å². The minimum atomic E-state index is -0.987. The van der Waals surface area contributed by atoms with Gasteiger partial charge in [0, 0.05) is 6.54 Å². The van der Waals surface area contributed by atoms with Crippen molar-refractivity contribution >= 4 is 17.3 Å². The first-order valence-electron chi connectivity index (χ1n) is 5.99. The predicted molar refractivity (Wildman–Crippen MR) is 76.3 cm³/mol. The van der Waals surface area contributed by atoms with E-state index in [0.717, 1.165) is 5.56 Å². The quantitative estimate of drug-likeness (QED) is 0.735. The highest BCUT2D eigenvalue weighted by Crippen LogP contribution is 2.24. The van der Waals surface area contributed by atoms with Crippen LogP contribution in [0.25, 0.3) is 0 Å². The summed E-state index contributed by atoms with van der Waals surface area (Å²) in [7, 11) is 0. The van der Waals surface area contributed by atoms with Crippen LogP contribution < -0.4 is 11.1 Å². The monoisotopic (exact) mass is 256 g/mol. The number of carboxylic acid groups (broad SMARTS) is 1. The second-order valence-electron chi connectivity index (χ2n) is 4.42. The Balaban J connectivity index is 2.22. The molecule has 4 heteroatoms. The topological polar surface area (TPSA) is 75.3 Å². The number of nitrogen functional groups attached to an aromatic ring is 1. The van der Waals surface area contributed by atoms with Crippen LogP contribution in [0.1, 0.15) is 21.5 Å². The lowest BCUT2D eigenvalue weighted by molar-refractivity contribution is 0.0698. The summed E-state index contributed by atoms with van der Waals surface area (Å²) in [6.07, 6.45) is 0. The van der Waals surface area contributed by atoms with Gasteiger partial charge in [0.15, 0.2) is 0 Å². The van der Waals surface area contributed by atoms with Crippen LogP contribution in [0, 0.1) is 6.92 Å². The summed E-state index contributed by atoms with van der Waals surface area (Å²) in [5.74, 6) is -0.987. The van der Waals surface area contributed by atoms with E-state index in [1.165, 1.54) is 11.6 Å². The van der Waals surface area contributed by atoms with E-state index in [0.29, 0.717) is 17.9 Å². The molecule has 19 heavy (non-hydrogen) atoms. The van der Waals surface area contributed by atoms with Crippen molar-refractivity contribution in [3.63, 3.8) is 0 Å². The number of benzene rings is 2. The van der Waals surface area contributed by atoms with Gasteiger partial charge in [-0.1, -0.05) is 35.9 Å². The zero-order valence-electron chi connectivity index (χ0n) is 10.7. The van der Waals surface area contributed by atoms with Crippen molar-refractivity contribution in [2.45, 2.75) is 13.5 Å². The highest BCUT2D eigenvalue weighted by atomic mass is 16.4. The molecule has 0 unspecified atom stereocenters. The fourth-order valence-electron chi connectivity index (χ4n) is 1.96. The molecule has 2 aromatic carbocycles. The van der Waals surface area contributed by atoms with Crippen LogP contribution in [0.15, 0.2) is 42.5 Å². The van der Waals surface area contributed by atoms with Crippen LogP contribution in [0.4, 0.5) is 11.4 Å². The Morgan fingerprint density at radius 3 is 2.68 bits per heavy atom. The minimum absolute atomic E-state index is 0.188. The molecule has 0 spiro atoms. The van der Waals surface area contributed by atoms with E-state index in [1.807, 2.05) is 31.2 Å². The summed E-state index contributed by atoms with van der Waals surface area (Å²) in [4.78, 5) is 11.1. The molecule has 0 atom stereocenters. The maximum absolute atomic E-state index is 11.1. The highest BCUT2D eigenvalue weighted by molar-refractivity contribution is 5.97. The van der Waals surface area contributed by atoms with Crippen molar-refractivity contribution in [3.8, 4) is 0 Å². The van der Waals surface area contributed by atoms with Crippen LogP contribution in [0.3, 0.4) is 0 Å². The summed E-state index contributed by atoms with van der Waals surface area (Å²) in [5, 5.41) is 12.2. The third-order valence-corrected chi connectivity index (χ3v) is 2.88. The Bertz CT molecular complexity index is 609. The standard InChI is InChI=1S/C15H16N2O2/c1-10-4-2-5-11(8-10)9-17-14-12(15(18)19)6-3-7-13(14)16/h2-8,17H,9,16H2,1H3,(H,18,19). The van der Waals surface area contributed by atoms with E-state index in [4.69, 9.17) is 10.8 Å². The molecule has 2 rings (SSSR count). The molecule has 0 aliphatic carbocycles. The number of aryl methyl sites for hydroxylation is 1. The van der Waals surface area contributed by atoms with Gasteiger partial charge in [-0.05, 0) is 24.6 Å². The van der Waals surface area contributed by atoms with Gasteiger partial charge in [0.25, 0.3) is 0 Å². The Kier molecular flexibility index (Phi) is 3.71. The van der Waals surface area contributed by atoms with Crippen LogP contribution in [0.5, 0.6) is 0 Å². The molecule has 98 valence electrons. The molecular weight excluding hydrogens is 240 g/mol. The number of rotatable bonds is 4. The average Bonchev–Trinajstić information content (AvgIpc) is 2.37. The Labute approximate surface area is 111 Å². The number of anilines is 2. The summed E-state index contributed by atoms with van der Waals surface area (Å²) in [6, 6.07) is 12.9. The third kappa shape index (κ3) is 3.04. The first-order chi connectivity index (χ1) is 9.08. The first-order valence-corrected chi connectivity index (χ1v) is 5.99. The maximum Gasteiger partial charge on any atom is 0.337 e. The second-order valence-corrected chi connectivity index (χ2v) is 4.42. The second kappa shape index (κ2) is 5.44. The van der Waals surface area contributed by atoms with E-state index in [2.05, 4.69) is 5.32 Å². The lowest BCUT2D eigenvalue weighted by Crippen LogP contribution is -2.09. The van der Waals surface area contributed by atoms with Crippen molar-refractivity contribution in [1.29, 1.82) is 0 Å². The SMILES string of the molecule is Cc1cccc(CNc2c(N)cccc2C(=O)O)c1. The van der Waals surface area contributed by atoms with Crippen LogP contribution >= 0.6 is 0 Å². The Morgan fingerprint density at radius 2 is 2.00 bits per heavy atom. The molecule has 0 saturated carbocycles. The van der Waals surface area contributed by atoms with Crippen molar-refractivity contribution < 1.29 is 9.90 Å². The average molecular weight is 256 g/mol.